The number of hydrogen-bond acceptors (Lipinski definition) is 3. The van der Waals surface area contributed by atoms with Crippen LogP contribution < -0.4 is 10.2 Å². The largest absolute Gasteiger partial charge is 0.456 e. The third kappa shape index (κ3) is 3.12. The van der Waals surface area contributed by atoms with E-state index in [4.69, 9.17) is 4.42 Å². The zero-order chi connectivity index (χ0) is 20.8. The summed E-state index contributed by atoms with van der Waals surface area (Å²) >= 11 is 0. The molecule has 0 saturated carbocycles. The van der Waals surface area contributed by atoms with E-state index in [1.165, 1.54) is 0 Å². The second-order valence-corrected chi connectivity index (χ2v) is 7.99. The molecular weight excluding hydrogens is 376 g/mol. The molecule has 1 saturated heterocycles. The quantitative estimate of drug-likeness (QED) is 0.516. The van der Waals surface area contributed by atoms with Gasteiger partial charge in [-0.1, -0.05) is 35.9 Å². The molecule has 1 aromatic heterocycles. The highest BCUT2D eigenvalue weighted by atomic mass is 16.3. The lowest BCUT2D eigenvalue weighted by Gasteiger charge is -2.19. The number of carbonyl (C=O) groups is 2. The van der Waals surface area contributed by atoms with Crippen LogP contribution >= 0.6 is 0 Å². The molecule has 0 radical (unpaired) electrons. The van der Waals surface area contributed by atoms with Gasteiger partial charge in [0.1, 0.15) is 11.2 Å². The van der Waals surface area contributed by atoms with Gasteiger partial charge < -0.3 is 14.6 Å². The molecular formula is C25H22N2O3. The van der Waals surface area contributed by atoms with E-state index in [-0.39, 0.29) is 24.2 Å². The van der Waals surface area contributed by atoms with Gasteiger partial charge in [-0.15, -0.1) is 0 Å². The molecule has 0 spiro atoms. The molecule has 0 bridgehead atoms. The first-order valence-electron chi connectivity index (χ1n) is 10.1. The standard InChI is InChI=1S/C25H22N2O3/c1-15-7-10-21(16(2)11-15)27-14-17(12-24(27)28)25(29)26-18-8-9-20-19-5-3-4-6-22(19)30-23(20)13-18/h3-11,13,17H,12,14H2,1-2H3,(H,26,29)/t17-/m0/s1. The van der Waals surface area contributed by atoms with Crippen molar-refractivity contribution in [1.29, 1.82) is 0 Å². The summed E-state index contributed by atoms with van der Waals surface area (Å²) in [5.74, 6) is -0.550. The van der Waals surface area contributed by atoms with Crippen LogP contribution in [0.5, 0.6) is 0 Å². The fraction of sp³-hybridized carbons (Fsp3) is 0.200. The van der Waals surface area contributed by atoms with Crippen molar-refractivity contribution in [3.8, 4) is 0 Å². The Hall–Kier alpha value is -3.60. The number of furan rings is 1. The highest BCUT2D eigenvalue weighted by Gasteiger charge is 2.35. The van der Waals surface area contributed by atoms with E-state index in [1.807, 2.05) is 68.4 Å². The Balaban J connectivity index is 1.35. The number of aryl methyl sites for hydroxylation is 2. The van der Waals surface area contributed by atoms with Gasteiger partial charge in [-0.2, -0.15) is 0 Å². The van der Waals surface area contributed by atoms with Crippen molar-refractivity contribution < 1.29 is 14.0 Å². The van der Waals surface area contributed by atoms with E-state index in [1.54, 1.807) is 4.90 Å². The molecule has 30 heavy (non-hydrogen) atoms. The Morgan fingerprint density at radius 3 is 2.63 bits per heavy atom. The summed E-state index contributed by atoms with van der Waals surface area (Å²) < 4.78 is 5.90. The molecule has 2 heterocycles. The van der Waals surface area contributed by atoms with Crippen LogP contribution in [0.1, 0.15) is 17.5 Å². The smallest absolute Gasteiger partial charge is 0.229 e. The SMILES string of the molecule is Cc1ccc(N2C[C@@H](C(=O)Nc3ccc4c(c3)oc3ccccc34)CC2=O)c(C)c1. The Kier molecular flexibility index (Phi) is 4.31. The monoisotopic (exact) mass is 398 g/mol. The number of nitrogens with one attached hydrogen (secondary N) is 1. The van der Waals surface area contributed by atoms with Crippen LogP contribution in [-0.2, 0) is 9.59 Å². The van der Waals surface area contributed by atoms with Gasteiger partial charge in [-0.3, -0.25) is 9.59 Å². The van der Waals surface area contributed by atoms with Crippen LogP contribution in [0.3, 0.4) is 0 Å². The van der Waals surface area contributed by atoms with E-state index in [0.717, 1.165) is 38.8 Å². The number of carbonyl (C=O) groups excluding carboxylic acids is 2. The van der Waals surface area contributed by atoms with Crippen molar-refractivity contribution in [2.24, 2.45) is 5.92 Å². The normalized spacial score (nSPS) is 16.5. The minimum Gasteiger partial charge on any atom is -0.456 e. The van der Waals surface area contributed by atoms with Gasteiger partial charge in [0.05, 0.1) is 5.92 Å². The van der Waals surface area contributed by atoms with E-state index in [0.29, 0.717) is 12.2 Å². The number of nitrogens with zero attached hydrogens (tertiary/aromatic N) is 1. The maximum absolute atomic E-state index is 12.9. The molecule has 0 aliphatic carbocycles. The van der Waals surface area contributed by atoms with Crippen LogP contribution in [0.25, 0.3) is 21.9 Å². The molecule has 5 heteroatoms. The highest BCUT2D eigenvalue weighted by Crippen LogP contribution is 2.32. The summed E-state index contributed by atoms with van der Waals surface area (Å²) in [5, 5.41) is 5.03. The van der Waals surface area contributed by atoms with Gasteiger partial charge in [0, 0.05) is 41.2 Å². The summed E-state index contributed by atoms with van der Waals surface area (Å²) in [6.07, 6.45) is 0.214. The minimum absolute atomic E-state index is 0.0187. The lowest BCUT2D eigenvalue weighted by atomic mass is 10.1. The summed E-state index contributed by atoms with van der Waals surface area (Å²) in [7, 11) is 0. The van der Waals surface area contributed by atoms with Crippen molar-refractivity contribution in [3.63, 3.8) is 0 Å². The van der Waals surface area contributed by atoms with E-state index >= 15 is 0 Å². The topological polar surface area (TPSA) is 62.6 Å². The fourth-order valence-corrected chi connectivity index (χ4v) is 4.27. The zero-order valence-corrected chi connectivity index (χ0v) is 16.9. The van der Waals surface area contributed by atoms with Crippen LogP contribution in [0.2, 0.25) is 0 Å². The minimum atomic E-state index is -0.385. The van der Waals surface area contributed by atoms with E-state index in [2.05, 4.69) is 11.4 Å². The van der Waals surface area contributed by atoms with Crippen molar-refractivity contribution in [1.82, 2.24) is 0 Å². The van der Waals surface area contributed by atoms with Crippen molar-refractivity contribution in [2.75, 3.05) is 16.8 Å². The van der Waals surface area contributed by atoms with Gasteiger partial charge in [0.2, 0.25) is 11.8 Å². The molecule has 3 aromatic carbocycles. The number of amides is 2. The first kappa shape index (κ1) is 18.4. The summed E-state index contributed by atoms with van der Waals surface area (Å²) in [4.78, 5) is 27.2. The number of rotatable bonds is 3. The Labute approximate surface area is 174 Å². The predicted molar refractivity (Wildman–Crippen MR) is 119 cm³/mol. The molecule has 1 atom stereocenters. The Morgan fingerprint density at radius 1 is 1.00 bits per heavy atom. The molecule has 1 N–H and O–H groups in total. The lowest BCUT2D eigenvalue weighted by Crippen LogP contribution is -2.28. The zero-order valence-electron chi connectivity index (χ0n) is 16.9. The molecule has 5 rings (SSSR count). The third-order valence-corrected chi connectivity index (χ3v) is 5.79. The number of para-hydroxylation sites is 1. The molecule has 1 fully saturated rings. The third-order valence-electron chi connectivity index (χ3n) is 5.79. The number of hydrogen-bond donors (Lipinski definition) is 1. The average molecular weight is 398 g/mol. The van der Waals surface area contributed by atoms with E-state index in [9.17, 15) is 9.59 Å². The number of fused-ring (bicyclic) bond motifs is 3. The van der Waals surface area contributed by atoms with Crippen molar-refractivity contribution >= 4 is 45.1 Å². The fourth-order valence-electron chi connectivity index (χ4n) is 4.27. The second kappa shape index (κ2) is 7.02. The Bertz CT molecular complexity index is 1300. The molecule has 5 nitrogen and oxygen atoms in total. The van der Waals surface area contributed by atoms with Crippen LogP contribution in [0.4, 0.5) is 11.4 Å². The van der Waals surface area contributed by atoms with Gasteiger partial charge in [-0.25, -0.2) is 0 Å². The van der Waals surface area contributed by atoms with Crippen molar-refractivity contribution in [2.45, 2.75) is 20.3 Å². The van der Waals surface area contributed by atoms with Gasteiger partial charge in [-0.05, 0) is 43.7 Å². The maximum Gasteiger partial charge on any atom is 0.229 e. The van der Waals surface area contributed by atoms with Gasteiger partial charge in [0.25, 0.3) is 0 Å². The maximum atomic E-state index is 12.9. The van der Waals surface area contributed by atoms with Crippen LogP contribution in [0, 0.1) is 19.8 Å². The lowest BCUT2D eigenvalue weighted by molar-refractivity contribution is -0.122. The molecule has 2 amide bonds. The Morgan fingerprint density at radius 2 is 1.80 bits per heavy atom. The summed E-state index contributed by atoms with van der Waals surface area (Å²) in [5.41, 5.74) is 5.29. The number of benzene rings is 3. The molecule has 4 aromatic rings. The van der Waals surface area contributed by atoms with Crippen LogP contribution in [0.15, 0.2) is 65.1 Å². The highest BCUT2D eigenvalue weighted by molar-refractivity contribution is 6.07. The predicted octanol–water partition coefficient (Wildman–Crippen LogP) is 5.19. The van der Waals surface area contributed by atoms with Gasteiger partial charge in [0.15, 0.2) is 0 Å². The number of anilines is 2. The molecule has 150 valence electrons. The average Bonchev–Trinajstić information content (AvgIpc) is 3.28. The first-order valence-corrected chi connectivity index (χ1v) is 10.1. The summed E-state index contributed by atoms with van der Waals surface area (Å²) in [6.45, 7) is 4.41. The van der Waals surface area contributed by atoms with Gasteiger partial charge >= 0.3 is 0 Å². The first-order chi connectivity index (χ1) is 14.5. The van der Waals surface area contributed by atoms with Crippen molar-refractivity contribution in [3.05, 3.63) is 71.8 Å². The molecule has 1 aliphatic heterocycles. The molecule has 1 aliphatic rings. The second-order valence-electron chi connectivity index (χ2n) is 7.99. The van der Waals surface area contributed by atoms with E-state index < -0.39 is 0 Å². The summed E-state index contributed by atoms with van der Waals surface area (Å²) in [6, 6.07) is 19.5. The molecule has 0 unspecified atom stereocenters. The van der Waals surface area contributed by atoms with Crippen LogP contribution in [-0.4, -0.2) is 18.4 Å².